The first-order chi connectivity index (χ1) is 14.5. The topological polar surface area (TPSA) is 50.7 Å². The second-order valence-electron chi connectivity index (χ2n) is 7.17. The Bertz CT molecular complexity index is 1130. The Balaban J connectivity index is 1.41. The summed E-state index contributed by atoms with van der Waals surface area (Å²) in [6.07, 6.45) is 1.86. The molecular formula is C25H22N2O2S. The van der Waals surface area contributed by atoms with Crippen molar-refractivity contribution in [2.45, 2.75) is 20.5 Å². The lowest BCUT2D eigenvalue weighted by Gasteiger charge is -2.07. The van der Waals surface area contributed by atoms with Crippen molar-refractivity contribution in [2.24, 2.45) is 4.99 Å². The maximum absolute atomic E-state index is 12.3. The summed E-state index contributed by atoms with van der Waals surface area (Å²) in [5.74, 6) is 0.662. The Morgan fingerprint density at radius 3 is 2.43 bits per heavy atom. The van der Waals surface area contributed by atoms with Gasteiger partial charge in [-0.3, -0.25) is 4.79 Å². The highest BCUT2D eigenvalue weighted by Gasteiger charge is 2.23. The van der Waals surface area contributed by atoms with Crippen LogP contribution in [-0.4, -0.2) is 11.1 Å². The number of rotatable bonds is 5. The van der Waals surface area contributed by atoms with Gasteiger partial charge in [-0.2, -0.15) is 0 Å². The molecule has 0 aromatic heterocycles. The van der Waals surface area contributed by atoms with Gasteiger partial charge in [0.15, 0.2) is 5.17 Å². The summed E-state index contributed by atoms with van der Waals surface area (Å²) in [5.41, 5.74) is 5.25. The predicted octanol–water partition coefficient (Wildman–Crippen LogP) is 5.77. The number of benzene rings is 3. The molecule has 5 heteroatoms. The molecule has 150 valence electrons. The number of thioether (sulfide) groups is 1. The number of ether oxygens (including phenoxy) is 1. The monoisotopic (exact) mass is 414 g/mol. The summed E-state index contributed by atoms with van der Waals surface area (Å²) < 4.78 is 5.86. The van der Waals surface area contributed by atoms with E-state index in [9.17, 15) is 4.79 Å². The van der Waals surface area contributed by atoms with Gasteiger partial charge in [0.2, 0.25) is 0 Å². The standard InChI is InChI=1S/C25H22N2O2S/c1-17-5-3-7-20(13-17)16-29-22-11-9-19(10-12-22)15-23-24(28)27-25(30-23)26-21-8-4-6-18(2)14-21/h3-15H,16H2,1-2H3,(H,26,27,28)/b23-15+. The zero-order valence-electron chi connectivity index (χ0n) is 16.9. The molecule has 30 heavy (non-hydrogen) atoms. The van der Waals surface area contributed by atoms with E-state index < -0.39 is 0 Å². The first-order valence-corrected chi connectivity index (χ1v) is 10.5. The third-order valence-electron chi connectivity index (χ3n) is 4.55. The lowest BCUT2D eigenvalue weighted by Crippen LogP contribution is -2.19. The van der Waals surface area contributed by atoms with Crippen LogP contribution in [0, 0.1) is 13.8 Å². The molecule has 0 saturated carbocycles. The molecule has 1 aliphatic heterocycles. The van der Waals surface area contributed by atoms with Gasteiger partial charge < -0.3 is 10.1 Å². The fourth-order valence-electron chi connectivity index (χ4n) is 3.08. The highest BCUT2D eigenvalue weighted by atomic mass is 32.2. The van der Waals surface area contributed by atoms with Gasteiger partial charge in [0.05, 0.1) is 10.6 Å². The van der Waals surface area contributed by atoms with Crippen LogP contribution in [0.25, 0.3) is 6.08 Å². The van der Waals surface area contributed by atoms with Crippen LogP contribution in [0.1, 0.15) is 22.3 Å². The summed E-state index contributed by atoms with van der Waals surface area (Å²) in [6.45, 7) is 4.61. The Kier molecular flexibility index (Phi) is 6.00. The van der Waals surface area contributed by atoms with E-state index in [1.807, 2.05) is 67.6 Å². The van der Waals surface area contributed by atoms with E-state index in [0.29, 0.717) is 16.7 Å². The molecule has 0 spiro atoms. The molecule has 0 unspecified atom stereocenters. The molecule has 1 saturated heterocycles. The van der Waals surface area contributed by atoms with E-state index in [1.54, 1.807) is 0 Å². The first kappa shape index (κ1) is 20.0. The number of amidine groups is 1. The van der Waals surface area contributed by atoms with Gasteiger partial charge in [-0.1, -0.05) is 54.1 Å². The summed E-state index contributed by atoms with van der Waals surface area (Å²) in [5, 5.41) is 3.42. The number of aliphatic imine (C=N–C) groups is 1. The number of carbonyl (C=O) groups excluding carboxylic acids is 1. The Hall–Kier alpha value is -3.31. The van der Waals surface area contributed by atoms with Gasteiger partial charge in [0, 0.05) is 0 Å². The normalized spacial score (nSPS) is 16.1. The molecule has 3 aromatic rings. The third-order valence-corrected chi connectivity index (χ3v) is 5.46. The minimum Gasteiger partial charge on any atom is -0.489 e. The lowest BCUT2D eigenvalue weighted by atomic mass is 10.1. The maximum Gasteiger partial charge on any atom is 0.264 e. The van der Waals surface area contributed by atoms with Crippen LogP contribution in [0.4, 0.5) is 5.69 Å². The quantitative estimate of drug-likeness (QED) is 0.539. The Morgan fingerprint density at radius 1 is 0.967 bits per heavy atom. The van der Waals surface area contributed by atoms with E-state index in [1.165, 1.54) is 17.3 Å². The van der Waals surface area contributed by atoms with E-state index in [2.05, 4.69) is 35.4 Å². The highest BCUT2D eigenvalue weighted by Crippen LogP contribution is 2.28. The van der Waals surface area contributed by atoms with Gasteiger partial charge in [-0.25, -0.2) is 4.99 Å². The van der Waals surface area contributed by atoms with Crippen molar-refractivity contribution in [3.63, 3.8) is 0 Å². The number of carbonyl (C=O) groups is 1. The summed E-state index contributed by atoms with van der Waals surface area (Å²) in [7, 11) is 0. The fourth-order valence-corrected chi connectivity index (χ4v) is 3.92. The van der Waals surface area contributed by atoms with Crippen molar-refractivity contribution in [1.29, 1.82) is 0 Å². The zero-order chi connectivity index (χ0) is 20.9. The van der Waals surface area contributed by atoms with E-state index in [4.69, 9.17) is 4.74 Å². The SMILES string of the molecule is Cc1cccc(COc2ccc(/C=C3/SC(=Nc4cccc(C)c4)NC3=O)cc2)c1. The van der Waals surface area contributed by atoms with Crippen LogP contribution in [0.2, 0.25) is 0 Å². The van der Waals surface area contributed by atoms with Crippen LogP contribution >= 0.6 is 11.8 Å². The number of hydrogen-bond donors (Lipinski definition) is 1. The van der Waals surface area contributed by atoms with Gasteiger partial charge >= 0.3 is 0 Å². The molecular weight excluding hydrogens is 392 g/mol. The molecule has 1 fully saturated rings. The van der Waals surface area contributed by atoms with Crippen molar-refractivity contribution in [1.82, 2.24) is 5.32 Å². The van der Waals surface area contributed by atoms with Crippen molar-refractivity contribution < 1.29 is 9.53 Å². The minimum absolute atomic E-state index is 0.133. The van der Waals surface area contributed by atoms with Crippen molar-refractivity contribution >= 4 is 34.6 Å². The van der Waals surface area contributed by atoms with Gasteiger partial charge in [0.1, 0.15) is 12.4 Å². The molecule has 1 amide bonds. The second-order valence-corrected chi connectivity index (χ2v) is 8.20. The van der Waals surface area contributed by atoms with Crippen molar-refractivity contribution in [2.75, 3.05) is 0 Å². The van der Waals surface area contributed by atoms with Crippen molar-refractivity contribution in [3.05, 3.63) is 100.0 Å². The number of hydrogen-bond acceptors (Lipinski definition) is 4. The smallest absolute Gasteiger partial charge is 0.264 e. The molecule has 0 atom stereocenters. The molecule has 1 N–H and O–H groups in total. The third kappa shape index (κ3) is 5.19. The zero-order valence-corrected chi connectivity index (χ0v) is 17.7. The Labute approximate surface area is 180 Å². The van der Waals surface area contributed by atoms with Gasteiger partial charge in [-0.15, -0.1) is 0 Å². The highest BCUT2D eigenvalue weighted by molar-refractivity contribution is 8.18. The fraction of sp³-hybridized carbons (Fsp3) is 0.120. The number of nitrogens with zero attached hydrogens (tertiary/aromatic N) is 1. The average molecular weight is 415 g/mol. The average Bonchev–Trinajstić information content (AvgIpc) is 3.06. The van der Waals surface area contributed by atoms with Crippen LogP contribution in [0.5, 0.6) is 5.75 Å². The van der Waals surface area contributed by atoms with Crippen LogP contribution in [0.3, 0.4) is 0 Å². The van der Waals surface area contributed by atoms with Gasteiger partial charge in [0.25, 0.3) is 5.91 Å². The number of aryl methyl sites for hydroxylation is 2. The van der Waals surface area contributed by atoms with E-state index >= 15 is 0 Å². The van der Waals surface area contributed by atoms with E-state index in [-0.39, 0.29) is 5.91 Å². The second kappa shape index (κ2) is 9.01. The summed E-state index contributed by atoms with van der Waals surface area (Å²) in [4.78, 5) is 17.4. The number of nitrogens with one attached hydrogen (secondary N) is 1. The van der Waals surface area contributed by atoms with E-state index in [0.717, 1.165) is 28.1 Å². The molecule has 1 aliphatic rings. The first-order valence-electron chi connectivity index (χ1n) is 9.70. The van der Waals surface area contributed by atoms with Gasteiger partial charge in [-0.05, 0) is 72.6 Å². The van der Waals surface area contributed by atoms with Crippen LogP contribution in [0.15, 0.2) is 82.7 Å². The Morgan fingerprint density at radius 2 is 1.70 bits per heavy atom. The molecule has 3 aromatic carbocycles. The molecule has 4 rings (SSSR count). The summed E-state index contributed by atoms with van der Waals surface area (Å²) >= 11 is 1.35. The lowest BCUT2D eigenvalue weighted by molar-refractivity contribution is -0.115. The molecule has 0 bridgehead atoms. The van der Waals surface area contributed by atoms with Crippen LogP contribution < -0.4 is 10.1 Å². The molecule has 1 heterocycles. The van der Waals surface area contributed by atoms with Crippen molar-refractivity contribution in [3.8, 4) is 5.75 Å². The van der Waals surface area contributed by atoms with Crippen LogP contribution in [-0.2, 0) is 11.4 Å². The predicted molar refractivity (Wildman–Crippen MR) is 124 cm³/mol. The summed E-state index contributed by atoms with van der Waals surface area (Å²) in [6, 6.07) is 23.9. The largest absolute Gasteiger partial charge is 0.489 e. The minimum atomic E-state index is -0.133. The number of amides is 1. The molecule has 4 nitrogen and oxygen atoms in total. The maximum atomic E-state index is 12.3. The molecule has 0 aliphatic carbocycles. The molecule has 0 radical (unpaired) electrons.